The van der Waals surface area contributed by atoms with E-state index in [4.69, 9.17) is 4.74 Å². The highest BCUT2D eigenvalue weighted by Crippen LogP contribution is 2.25. The number of pyridine rings is 2. The number of nitrogens with one attached hydrogen (secondary N) is 1. The monoisotopic (exact) mass is 496 g/mol. The van der Waals surface area contributed by atoms with Gasteiger partial charge in [-0.25, -0.2) is 4.98 Å². The molecule has 2 aliphatic heterocycles. The second-order valence-corrected chi connectivity index (χ2v) is 9.89. The van der Waals surface area contributed by atoms with Gasteiger partial charge in [-0.15, -0.1) is 0 Å². The number of thioether (sulfide) groups is 1. The van der Waals surface area contributed by atoms with E-state index in [0.29, 0.717) is 56.4 Å². The molecule has 0 radical (unpaired) electrons. The molecule has 35 heavy (non-hydrogen) atoms. The molecule has 1 saturated heterocycles. The minimum absolute atomic E-state index is 0.0696. The third kappa shape index (κ3) is 5.37. The number of carbonyl (C=O) groups excluding carboxylic acids is 1. The van der Waals surface area contributed by atoms with Gasteiger partial charge in [-0.1, -0.05) is 11.8 Å². The third-order valence-corrected chi connectivity index (χ3v) is 7.52. The number of likely N-dealkylation sites (tertiary alicyclic amines) is 1. The molecule has 10 nitrogen and oxygen atoms in total. The van der Waals surface area contributed by atoms with Gasteiger partial charge in [-0.05, 0) is 12.1 Å². The molecular formula is C24H28N6O4S. The first-order valence-electron chi connectivity index (χ1n) is 11.6. The Bertz CT molecular complexity index is 1300. The molecule has 0 aromatic carbocycles. The summed E-state index contributed by atoms with van der Waals surface area (Å²) >= 11 is 1.44. The number of hydrogen-bond donors (Lipinski definition) is 2. The number of methoxy groups -OCH3 is 1. The van der Waals surface area contributed by atoms with E-state index in [1.807, 2.05) is 6.07 Å². The van der Waals surface area contributed by atoms with Crippen molar-refractivity contribution in [2.75, 3.05) is 39.0 Å². The van der Waals surface area contributed by atoms with Crippen molar-refractivity contribution < 1.29 is 14.6 Å². The quantitative estimate of drug-likeness (QED) is 0.456. The number of Topliss-reactive ketones (excluding diaryl/α,β-unsaturated/α-hetero) is 1. The Morgan fingerprint density at radius 3 is 2.89 bits per heavy atom. The van der Waals surface area contributed by atoms with Crippen molar-refractivity contribution >= 4 is 28.6 Å². The van der Waals surface area contributed by atoms with Gasteiger partial charge in [-0.2, -0.15) is 4.98 Å². The van der Waals surface area contributed by atoms with Crippen LogP contribution in [0.3, 0.4) is 0 Å². The summed E-state index contributed by atoms with van der Waals surface area (Å²) < 4.78 is 6.88. The Hall–Kier alpha value is -2.86. The Balaban J connectivity index is 1.16. The molecule has 5 rings (SSSR count). The SMILES string of the molecule is COc1ccc2ccc(=O)n(CCN3C[C@H](CNCc4cnc5c(n4)CC(=O)CS5)[C@H](O)C3)c2n1. The van der Waals surface area contributed by atoms with Crippen LogP contribution < -0.4 is 15.6 Å². The van der Waals surface area contributed by atoms with Gasteiger partial charge in [0.1, 0.15) is 16.5 Å². The highest BCUT2D eigenvalue weighted by molar-refractivity contribution is 8.00. The number of ether oxygens (including phenoxy) is 1. The molecule has 2 atom stereocenters. The minimum Gasteiger partial charge on any atom is -0.481 e. The summed E-state index contributed by atoms with van der Waals surface area (Å²) in [6.07, 6.45) is 1.65. The van der Waals surface area contributed by atoms with Gasteiger partial charge in [0.25, 0.3) is 5.56 Å². The number of aliphatic hydroxyl groups excluding tert-OH is 1. The van der Waals surface area contributed by atoms with Crippen molar-refractivity contribution in [2.45, 2.75) is 30.6 Å². The first kappa shape index (κ1) is 23.9. The van der Waals surface area contributed by atoms with E-state index in [1.165, 1.54) is 11.8 Å². The predicted octanol–water partition coefficient (Wildman–Crippen LogP) is 0.495. The van der Waals surface area contributed by atoms with Crippen LogP contribution in [0.25, 0.3) is 11.0 Å². The van der Waals surface area contributed by atoms with Gasteiger partial charge < -0.3 is 15.2 Å². The van der Waals surface area contributed by atoms with Gasteiger partial charge in [0, 0.05) is 62.7 Å². The molecular weight excluding hydrogens is 468 g/mol. The molecule has 0 bridgehead atoms. The predicted molar refractivity (Wildman–Crippen MR) is 132 cm³/mol. The number of fused-ring (bicyclic) bond motifs is 2. The molecule has 0 unspecified atom stereocenters. The first-order valence-corrected chi connectivity index (χ1v) is 12.6. The van der Waals surface area contributed by atoms with Crippen LogP contribution in [0.4, 0.5) is 0 Å². The Morgan fingerprint density at radius 1 is 1.17 bits per heavy atom. The summed E-state index contributed by atoms with van der Waals surface area (Å²) in [5.41, 5.74) is 2.04. The molecule has 2 N–H and O–H groups in total. The van der Waals surface area contributed by atoms with E-state index in [0.717, 1.165) is 28.3 Å². The van der Waals surface area contributed by atoms with Crippen LogP contribution in [0.15, 0.2) is 40.3 Å². The number of aromatic nitrogens is 4. The lowest BCUT2D eigenvalue weighted by Crippen LogP contribution is -2.31. The van der Waals surface area contributed by atoms with Crippen molar-refractivity contribution in [2.24, 2.45) is 5.92 Å². The van der Waals surface area contributed by atoms with E-state index in [9.17, 15) is 14.7 Å². The number of ketones is 1. The van der Waals surface area contributed by atoms with Gasteiger partial charge in [-0.3, -0.25) is 24.0 Å². The van der Waals surface area contributed by atoms with Crippen molar-refractivity contribution in [1.82, 2.24) is 29.7 Å². The molecule has 0 aliphatic carbocycles. The second kappa shape index (κ2) is 10.4. The van der Waals surface area contributed by atoms with Crippen molar-refractivity contribution in [3.8, 4) is 5.88 Å². The first-order chi connectivity index (χ1) is 17.0. The van der Waals surface area contributed by atoms with Crippen LogP contribution in [-0.4, -0.2) is 80.5 Å². The summed E-state index contributed by atoms with van der Waals surface area (Å²) in [7, 11) is 1.55. The third-order valence-electron chi connectivity index (χ3n) is 6.44. The van der Waals surface area contributed by atoms with Gasteiger partial charge in [0.15, 0.2) is 0 Å². The van der Waals surface area contributed by atoms with Crippen LogP contribution in [-0.2, 0) is 24.3 Å². The molecule has 5 heterocycles. The van der Waals surface area contributed by atoms with Crippen molar-refractivity contribution in [1.29, 1.82) is 0 Å². The average molecular weight is 497 g/mol. The zero-order valence-electron chi connectivity index (χ0n) is 19.5. The van der Waals surface area contributed by atoms with Crippen LogP contribution >= 0.6 is 11.8 Å². The minimum atomic E-state index is -0.450. The molecule has 1 fully saturated rings. The Labute approximate surface area is 206 Å². The average Bonchev–Trinajstić information content (AvgIpc) is 3.21. The van der Waals surface area contributed by atoms with E-state index in [-0.39, 0.29) is 17.3 Å². The number of rotatable bonds is 8. The number of hydrogen-bond acceptors (Lipinski definition) is 10. The summed E-state index contributed by atoms with van der Waals surface area (Å²) in [4.78, 5) is 39.9. The van der Waals surface area contributed by atoms with Gasteiger partial charge >= 0.3 is 0 Å². The summed E-state index contributed by atoms with van der Waals surface area (Å²) in [5.74, 6) is 1.18. The molecule has 11 heteroatoms. The maximum absolute atomic E-state index is 12.5. The number of nitrogens with zero attached hydrogens (tertiary/aromatic N) is 5. The largest absolute Gasteiger partial charge is 0.481 e. The Kier molecular flexibility index (Phi) is 7.09. The maximum atomic E-state index is 12.5. The highest BCUT2D eigenvalue weighted by Gasteiger charge is 2.30. The maximum Gasteiger partial charge on any atom is 0.252 e. The van der Waals surface area contributed by atoms with Crippen molar-refractivity contribution in [3.05, 3.63) is 52.2 Å². The van der Waals surface area contributed by atoms with E-state index < -0.39 is 6.10 Å². The van der Waals surface area contributed by atoms with Gasteiger partial charge in [0.2, 0.25) is 5.88 Å². The second-order valence-electron chi connectivity index (χ2n) is 8.92. The van der Waals surface area contributed by atoms with Gasteiger partial charge in [0.05, 0.1) is 43.0 Å². The standard InChI is InChI=1S/C24H28N6O4S/c1-34-21-4-2-15-3-5-22(33)30(23(15)28-21)7-6-29-12-16(20(32)13-29)9-25-10-17-11-26-24-19(27-17)8-18(31)14-35-24/h2-5,11,16,20,25,32H,6-10,12-14H2,1H3/t16-,20+/m0/s1. The molecule has 0 saturated carbocycles. The normalized spacial score (nSPS) is 20.3. The molecule has 0 amide bonds. The van der Waals surface area contributed by atoms with Crippen LogP contribution in [0.5, 0.6) is 5.88 Å². The lowest BCUT2D eigenvalue weighted by molar-refractivity contribution is -0.116. The van der Waals surface area contributed by atoms with Crippen LogP contribution in [0.2, 0.25) is 0 Å². The fourth-order valence-electron chi connectivity index (χ4n) is 4.59. The smallest absolute Gasteiger partial charge is 0.252 e. The zero-order chi connectivity index (χ0) is 24.4. The lowest BCUT2D eigenvalue weighted by atomic mass is 10.1. The van der Waals surface area contributed by atoms with Crippen LogP contribution in [0, 0.1) is 5.92 Å². The van der Waals surface area contributed by atoms with E-state index >= 15 is 0 Å². The van der Waals surface area contributed by atoms with E-state index in [1.54, 1.807) is 36.1 Å². The summed E-state index contributed by atoms with van der Waals surface area (Å²) in [6, 6.07) is 6.99. The summed E-state index contributed by atoms with van der Waals surface area (Å²) in [6.45, 7) is 3.56. The topological polar surface area (TPSA) is 122 Å². The summed E-state index contributed by atoms with van der Waals surface area (Å²) in [5, 5.41) is 15.7. The fourth-order valence-corrected chi connectivity index (χ4v) is 5.40. The molecule has 3 aromatic rings. The molecule has 0 spiro atoms. The molecule has 3 aromatic heterocycles. The lowest BCUT2D eigenvalue weighted by Gasteiger charge is -2.18. The fraction of sp³-hybridized carbons (Fsp3) is 0.458. The van der Waals surface area contributed by atoms with Crippen LogP contribution in [0.1, 0.15) is 11.4 Å². The van der Waals surface area contributed by atoms with Crippen molar-refractivity contribution in [3.63, 3.8) is 0 Å². The Morgan fingerprint density at radius 2 is 2.03 bits per heavy atom. The number of β-amino-alcohol motifs (C(OH)–C–C–N with tert-alkyl or cyclic N) is 1. The number of carbonyl (C=O) groups is 1. The molecule has 184 valence electrons. The highest BCUT2D eigenvalue weighted by atomic mass is 32.2. The zero-order valence-corrected chi connectivity index (χ0v) is 20.3. The van der Waals surface area contributed by atoms with E-state index in [2.05, 4.69) is 25.2 Å². The molecule has 2 aliphatic rings. The number of aliphatic hydroxyl groups is 1.